The van der Waals surface area contributed by atoms with Crippen LogP contribution >= 0.6 is 0 Å². The molecule has 0 aliphatic heterocycles. The molecule has 0 radical (unpaired) electrons. The number of para-hydroxylation sites is 2. The highest BCUT2D eigenvalue weighted by molar-refractivity contribution is 7.92. The molecule has 10 heteroatoms. The lowest BCUT2D eigenvalue weighted by Gasteiger charge is -2.25. The quantitative estimate of drug-likeness (QED) is 0.309. The van der Waals surface area contributed by atoms with Gasteiger partial charge >= 0.3 is 0 Å². The molecule has 0 spiro atoms. The van der Waals surface area contributed by atoms with Crippen molar-refractivity contribution in [2.75, 3.05) is 24.1 Å². The van der Waals surface area contributed by atoms with Crippen LogP contribution in [0.2, 0.25) is 0 Å². The van der Waals surface area contributed by atoms with Gasteiger partial charge in [0.1, 0.15) is 12.3 Å². The van der Waals surface area contributed by atoms with E-state index >= 15 is 0 Å². The number of hydrogen-bond acceptors (Lipinski definition) is 7. The molecule has 9 nitrogen and oxygen atoms in total. The summed E-state index contributed by atoms with van der Waals surface area (Å²) >= 11 is 0. The first-order chi connectivity index (χ1) is 16.9. The molecule has 3 rings (SSSR count). The molecule has 0 saturated carbocycles. The summed E-state index contributed by atoms with van der Waals surface area (Å²) in [5.74, 6) is -0.0487. The van der Waals surface area contributed by atoms with Crippen molar-refractivity contribution in [3.05, 3.63) is 78.4 Å². The predicted molar refractivity (Wildman–Crippen MR) is 134 cm³/mol. The standard InChI is InChI=1S/C25H27N3O6S/c1-3-33-23-13-9-8-12-21(23)28(35(31,32)20-10-6-5-7-11-20)18-25(30)27-26-17-19-14-15-22(29)24(16-19)34-4-2/h5-17,29H,3-4,18H2,1-2H3,(H,27,30)/b26-17-. The van der Waals surface area contributed by atoms with Crippen molar-refractivity contribution in [2.45, 2.75) is 18.7 Å². The molecule has 0 aromatic heterocycles. The van der Waals surface area contributed by atoms with E-state index in [4.69, 9.17) is 9.47 Å². The Morgan fingerprint density at radius 2 is 1.63 bits per heavy atom. The van der Waals surface area contributed by atoms with Gasteiger partial charge in [0, 0.05) is 0 Å². The fourth-order valence-corrected chi connectivity index (χ4v) is 4.64. The van der Waals surface area contributed by atoms with Gasteiger partial charge in [-0.25, -0.2) is 13.8 Å². The van der Waals surface area contributed by atoms with Crippen LogP contribution in [0.15, 0.2) is 82.8 Å². The van der Waals surface area contributed by atoms with Crippen LogP contribution in [-0.2, 0) is 14.8 Å². The monoisotopic (exact) mass is 497 g/mol. The third-order valence-electron chi connectivity index (χ3n) is 4.74. The highest BCUT2D eigenvalue weighted by Gasteiger charge is 2.29. The van der Waals surface area contributed by atoms with Crippen molar-refractivity contribution in [2.24, 2.45) is 5.10 Å². The lowest BCUT2D eigenvalue weighted by Crippen LogP contribution is -2.39. The number of sulfonamides is 1. The summed E-state index contributed by atoms with van der Waals surface area (Å²) < 4.78 is 38.9. The van der Waals surface area contributed by atoms with E-state index in [0.717, 1.165) is 4.31 Å². The predicted octanol–water partition coefficient (Wildman–Crippen LogP) is 3.54. The molecule has 0 aliphatic rings. The number of nitrogens with zero attached hydrogens (tertiary/aromatic N) is 2. The van der Waals surface area contributed by atoms with Crippen LogP contribution in [0, 0.1) is 0 Å². The van der Waals surface area contributed by atoms with Crippen molar-refractivity contribution in [1.29, 1.82) is 0 Å². The Hall–Kier alpha value is -4.05. The maximum absolute atomic E-state index is 13.5. The average Bonchev–Trinajstić information content (AvgIpc) is 2.86. The van der Waals surface area contributed by atoms with E-state index in [0.29, 0.717) is 24.5 Å². The molecule has 0 saturated heterocycles. The van der Waals surface area contributed by atoms with Crippen LogP contribution in [0.25, 0.3) is 0 Å². The van der Waals surface area contributed by atoms with Crippen molar-refractivity contribution in [3.63, 3.8) is 0 Å². The van der Waals surface area contributed by atoms with Crippen molar-refractivity contribution in [1.82, 2.24) is 5.43 Å². The Morgan fingerprint density at radius 1 is 0.971 bits per heavy atom. The highest BCUT2D eigenvalue weighted by atomic mass is 32.2. The van der Waals surface area contributed by atoms with Gasteiger partial charge in [-0.1, -0.05) is 30.3 Å². The Morgan fingerprint density at radius 3 is 2.34 bits per heavy atom. The summed E-state index contributed by atoms with van der Waals surface area (Å²) in [7, 11) is -4.09. The third-order valence-corrected chi connectivity index (χ3v) is 6.51. The van der Waals surface area contributed by atoms with E-state index in [1.54, 1.807) is 68.4 Å². The summed E-state index contributed by atoms with van der Waals surface area (Å²) in [6.45, 7) is 3.75. The smallest absolute Gasteiger partial charge is 0.264 e. The number of phenols is 1. The van der Waals surface area contributed by atoms with Gasteiger partial charge in [0.2, 0.25) is 0 Å². The number of benzene rings is 3. The van der Waals surface area contributed by atoms with E-state index < -0.39 is 22.5 Å². The maximum atomic E-state index is 13.5. The second-order valence-electron chi connectivity index (χ2n) is 7.18. The second kappa shape index (κ2) is 11.9. The number of aromatic hydroxyl groups is 1. The lowest BCUT2D eigenvalue weighted by atomic mass is 10.2. The van der Waals surface area contributed by atoms with Gasteiger partial charge in [-0.3, -0.25) is 9.10 Å². The zero-order valence-electron chi connectivity index (χ0n) is 19.4. The molecular weight excluding hydrogens is 470 g/mol. The maximum Gasteiger partial charge on any atom is 0.264 e. The van der Waals surface area contributed by atoms with E-state index in [1.807, 2.05) is 0 Å². The first kappa shape index (κ1) is 25.6. The van der Waals surface area contributed by atoms with Gasteiger partial charge in [-0.2, -0.15) is 5.10 Å². The zero-order chi connectivity index (χ0) is 25.3. The van der Waals surface area contributed by atoms with Crippen LogP contribution in [-0.4, -0.2) is 45.4 Å². The Labute approximate surface area is 204 Å². The zero-order valence-corrected chi connectivity index (χ0v) is 20.2. The van der Waals surface area contributed by atoms with Crippen molar-refractivity contribution in [3.8, 4) is 17.2 Å². The highest BCUT2D eigenvalue weighted by Crippen LogP contribution is 2.32. The molecule has 35 heavy (non-hydrogen) atoms. The number of hydrazone groups is 1. The number of nitrogens with one attached hydrogen (secondary N) is 1. The normalized spacial score (nSPS) is 11.3. The molecular formula is C25H27N3O6S. The Bertz CT molecular complexity index is 1280. The van der Waals surface area contributed by atoms with Crippen molar-refractivity contribution >= 4 is 27.8 Å². The number of anilines is 1. The summed E-state index contributed by atoms with van der Waals surface area (Å²) in [4.78, 5) is 12.8. The largest absolute Gasteiger partial charge is 0.504 e. The summed E-state index contributed by atoms with van der Waals surface area (Å²) in [5, 5.41) is 13.7. The minimum absolute atomic E-state index is 0.0113. The van der Waals surface area contributed by atoms with Crippen LogP contribution in [0.1, 0.15) is 19.4 Å². The van der Waals surface area contributed by atoms with Gasteiger partial charge in [-0.05, 0) is 61.9 Å². The summed E-state index contributed by atoms with van der Waals surface area (Å²) in [6, 6.07) is 19.1. The number of carbonyl (C=O) groups excluding carboxylic acids is 1. The number of rotatable bonds is 11. The average molecular weight is 498 g/mol. The molecule has 0 unspecified atom stereocenters. The first-order valence-corrected chi connectivity index (χ1v) is 12.4. The molecule has 0 fully saturated rings. The Kier molecular flexibility index (Phi) is 8.69. The van der Waals surface area contributed by atoms with E-state index in [1.165, 1.54) is 24.4 Å². The van der Waals surface area contributed by atoms with E-state index in [9.17, 15) is 18.3 Å². The number of ether oxygens (including phenoxy) is 2. The fraction of sp³-hybridized carbons (Fsp3) is 0.200. The molecule has 184 valence electrons. The van der Waals surface area contributed by atoms with E-state index in [-0.39, 0.29) is 22.1 Å². The third kappa shape index (κ3) is 6.51. The molecule has 0 heterocycles. The van der Waals surface area contributed by atoms with Crippen LogP contribution in [0.5, 0.6) is 17.2 Å². The number of amides is 1. The van der Waals surface area contributed by atoms with Crippen molar-refractivity contribution < 1.29 is 27.8 Å². The van der Waals surface area contributed by atoms with E-state index in [2.05, 4.69) is 10.5 Å². The van der Waals surface area contributed by atoms with Gasteiger partial charge in [0.05, 0.1) is 30.0 Å². The summed E-state index contributed by atoms with van der Waals surface area (Å²) in [6.07, 6.45) is 1.37. The van der Waals surface area contributed by atoms with Crippen LogP contribution in [0.4, 0.5) is 5.69 Å². The SMILES string of the molecule is CCOc1cc(/C=N\NC(=O)CN(c2ccccc2OCC)S(=O)(=O)c2ccccc2)ccc1O. The van der Waals surface area contributed by atoms with Gasteiger partial charge in [0.25, 0.3) is 15.9 Å². The van der Waals surface area contributed by atoms with Crippen LogP contribution < -0.4 is 19.2 Å². The number of hydrogen-bond donors (Lipinski definition) is 2. The number of phenolic OH excluding ortho intramolecular Hbond substituents is 1. The number of carbonyl (C=O) groups is 1. The lowest BCUT2D eigenvalue weighted by molar-refractivity contribution is -0.119. The first-order valence-electron chi connectivity index (χ1n) is 10.9. The Balaban J connectivity index is 1.85. The molecule has 3 aromatic rings. The van der Waals surface area contributed by atoms with Crippen LogP contribution in [0.3, 0.4) is 0 Å². The van der Waals surface area contributed by atoms with Gasteiger partial charge in [0.15, 0.2) is 11.5 Å². The van der Waals surface area contributed by atoms with Gasteiger partial charge < -0.3 is 14.6 Å². The molecule has 0 aliphatic carbocycles. The fourth-order valence-electron chi connectivity index (χ4n) is 3.19. The van der Waals surface area contributed by atoms with Gasteiger partial charge in [-0.15, -0.1) is 0 Å². The minimum Gasteiger partial charge on any atom is -0.504 e. The molecule has 1 amide bonds. The minimum atomic E-state index is -4.09. The molecule has 0 atom stereocenters. The second-order valence-corrected chi connectivity index (χ2v) is 9.04. The topological polar surface area (TPSA) is 118 Å². The summed E-state index contributed by atoms with van der Waals surface area (Å²) in [5.41, 5.74) is 3.16. The molecule has 0 bridgehead atoms. The molecule has 2 N–H and O–H groups in total. The molecule has 3 aromatic carbocycles.